The lowest BCUT2D eigenvalue weighted by atomic mass is 10.2. The van der Waals surface area contributed by atoms with Crippen molar-refractivity contribution in [1.29, 1.82) is 0 Å². The van der Waals surface area contributed by atoms with Gasteiger partial charge in [0.05, 0.1) is 0 Å². The molecule has 1 atom stereocenters. The minimum absolute atomic E-state index is 0.0588. The quantitative estimate of drug-likeness (QED) is 0.855. The van der Waals surface area contributed by atoms with Crippen molar-refractivity contribution in [2.75, 3.05) is 10.6 Å². The van der Waals surface area contributed by atoms with Gasteiger partial charge in [0.2, 0.25) is 5.91 Å². The smallest absolute Gasteiger partial charge is 0.246 e. The molecule has 0 radical (unpaired) electrons. The molecule has 0 bridgehead atoms. The Labute approximate surface area is 133 Å². The molecule has 0 aliphatic rings. The van der Waals surface area contributed by atoms with Crippen molar-refractivity contribution >= 4 is 33.2 Å². The summed E-state index contributed by atoms with van der Waals surface area (Å²) in [5.74, 6) is -0.0588. The number of halogens is 1. The number of rotatable bonds is 4. The van der Waals surface area contributed by atoms with Crippen LogP contribution in [0.1, 0.15) is 18.1 Å². The minimum Gasteiger partial charge on any atom is -0.374 e. The fourth-order valence-corrected chi connectivity index (χ4v) is 2.63. The number of aryl methyl sites for hydroxylation is 2. The summed E-state index contributed by atoms with van der Waals surface area (Å²) in [4.78, 5) is 12.2. The lowest BCUT2D eigenvalue weighted by Gasteiger charge is -2.16. The number of carbonyl (C=O) groups is 1. The summed E-state index contributed by atoms with van der Waals surface area (Å²) in [5, 5.41) is 6.12. The number of benzene rings is 2. The monoisotopic (exact) mass is 346 g/mol. The summed E-state index contributed by atoms with van der Waals surface area (Å²) in [5.41, 5.74) is 4.04. The summed E-state index contributed by atoms with van der Waals surface area (Å²) in [6.07, 6.45) is 0. The van der Waals surface area contributed by atoms with Gasteiger partial charge in [-0.15, -0.1) is 0 Å². The summed E-state index contributed by atoms with van der Waals surface area (Å²) in [6.45, 7) is 5.89. The summed E-state index contributed by atoms with van der Waals surface area (Å²) >= 11 is 3.46. The van der Waals surface area contributed by atoms with E-state index in [4.69, 9.17) is 0 Å². The van der Waals surface area contributed by atoms with Crippen LogP contribution in [-0.2, 0) is 4.79 Å². The maximum atomic E-state index is 12.2. The first-order chi connectivity index (χ1) is 9.94. The van der Waals surface area contributed by atoms with Crippen molar-refractivity contribution < 1.29 is 4.79 Å². The van der Waals surface area contributed by atoms with Gasteiger partial charge in [-0.2, -0.15) is 0 Å². The summed E-state index contributed by atoms with van der Waals surface area (Å²) in [7, 11) is 0. The van der Waals surface area contributed by atoms with E-state index in [9.17, 15) is 4.79 Å². The molecule has 110 valence electrons. The molecule has 4 heteroatoms. The zero-order valence-corrected chi connectivity index (χ0v) is 14.0. The molecule has 0 saturated heterocycles. The second-order valence-corrected chi connectivity index (χ2v) is 6.15. The van der Waals surface area contributed by atoms with E-state index in [1.165, 1.54) is 5.56 Å². The molecule has 0 heterocycles. The third kappa shape index (κ3) is 4.60. The van der Waals surface area contributed by atoms with Crippen molar-refractivity contribution in [1.82, 2.24) is 0 Å². The average molecular weight is 347 g/mol. The van der Waals surface area contributed by atoms with Crippen molar-refractivity contribution in [3.8, 4) is 0 Å². The summed E-state index contributed by atoms with van der Waals surface area (Å²) in [6, 6.07) is 13.5. The Morgan fingerprint density at radius 1 is 1.00 bits per heavy atom. The van der Waals surface area contributed by atoms with Crippen LogP contribution in [0.2, 0.25) is 0 Å². The van der Waals surface area contributed by atoms with Gasteiger partial charge in [0.25, 0.3) is 0 Å². The predicted octanol–water partition coefficient (Wildman–Crippen LogP) is 4.51. The van der Waals surface area contributed by atoms with Crippen LogP contribution >= 0.6 is 15.9 Å². The summed E-state index contributed by atoms with van der Waals surface area (Å²) < 4.78 is 0.996. The highest BCUT2D eigenvalue weighted by atomic mass is 79.9. The largest absolute Gasteiger partial charge is 0.374 e. The molecule has 1 amide bonds. The predicted molar refractivity (Wildman–Crippen MR) is 91.8 cm³/mol. The fourth-order valence-electron chi connectivity index (χ4n) is 2.02. The average Bonchev–Trinajstić information content (AvgIpc) is 2.40. The minimum atomic E-state index is -0.319. The molecule has 0 aliphatic heterocycles. The van der Waals surface area contributed by atoms with Crippen LogP contribution in [0.5, 0.6) is 0 Å². The Morgan fingerprint density at radius 2 is 1.67 bits per heavy atom. The van der Waals surface area contributed by atoms with E-state index in [1.54, 1.807) is 0 Å². The molecule has 2 rings (SSSR count). The van der Waals surface area contributed by atoms with Crippen LogP contribution in [-0.4, -0.2) is 11.9 Å². The first-order valence-corrected chi connectivity index (χ1v) is 7.64. The van der Waals surface area contributed by atoms with Crippen LogP contribution < -0.4 is 10.6 Å². The van der Waals surface area contributed by atoms with E-state index >= 15 is 0 Å². The van der Waals surface area contributed by atoms with Gasteiger partial charge in [-0.05, 0) is 56.7 Å². The van der Waals surface area contributed by atoms with E-state index in [-0.39, 0.29) is 11.9 Å². The number of carbonyl (C=O) groups excluding carboxylic acids is 1. The van der Waals surface area contributed by atoms with Crippen LogP contribution in [0.25, 0.3) is 0 Å². The number of hydrogen-bond acceptors (Lipinski definition) is 2. The fraction of sp³-hybridized carbons (Fsp3) is 0.235. The highest BCUT2D eigenvalue weighted by Crippen LogP contribution is 2.20. The van der Waals surface area contributed by atoms with Gasteiger partial charge in [0, 0.05) is 15.8 Å². The van der Waals surface area contributed by atoms with Crippen molar-refractivity contribution in [2.45, 2.75) is 26.8 Å². The maximum Gasteiger partial charge on any atom is 0.246 e. The Morgan fingerprint density at radius 3 is 2.29 bits per heavy atom. The first-order valence-electron chi connectivity index (χ1n) is 6.85. The van der Waals surface area contributed by atoms with Gasteiger partial charge in [0.1, 0.15) is 6.04 Å². The van der Waals surface area contributed by atoms with Crippen molar-refractivity contribution in [3.05, 3.63) is 58.1 Å². The Balaban J connectivity index is 2.00. The van der Waals surface area contributed by atoms with E-state index in [0.29, 0.717) is 0 Å². The standard InChI is InChI=1S/C17H19BrN2O/c1-11-4-6-15(7-5-11)20-17(21)13(3)19-16-9-12(2)8-14(18)10-16/h4-10,13,19H,1-3H3,(H,20,21). The second-order valence-electron chi connectivity index (χ2n) is 5.24. The van der Waals surface area contributed by atoms with Gasteiger partial charge in [-0.25, -0.2) is 0 Å². The normalized spacial score (nSPS) is 11.8. The zero-order chi connectivity index (χ0) is 15.4. The molecule has 2 aromatic carbocycles. The van der Waals surface area contributed by atoms with Gasteiger partial charge in [-0.1, -0.05) is 33.6 Å². The molecule has 3 nitrogen and oxygen atoms in total. The van der Waals surface area contributed by atoms with E-state index < -0.39 is 0 Å². The Bertz CT molecular complexity index is 617. The third-order valence-electron chi connectivity index (χ3n) is 3.14. The lowest BCUT2D eigenvalue weighted by Crippen LogP contribution is -2.31. The molecule has 0 fully saturated rings. The van der Waals surface area contributed by atoms with Crippen LogP contribution in [0, 0.1) is 13.8 Å². The highest BCUT2D eigenvalue weighted by molar-refractivity contribution is 9.10. The second kappa shape index (κ2) is 6.76. The van der Waals surface area contributed by atoms with E-state index in [2.05, 4.69) is 26.6 Å². The molecule has 0 aromatic heterocycles. The van der Waals surface area contributed by atoms with Crippen LogP contribution in [0.3, 0.4) is 0 Å². The molecule has 2 aromatic rings. The molecule has 2 N–H and O–H groups in total. The SMILES string of the molecule is Cc1ccc(NC(=O)C(C)Nc2cc(C)cc(Br)c2)cc1. The zero-order valence-electron chi connectivity index (χ0n) is 12.4. The van der Waals surface area contributed by atoms with Crippen LogP contribution in [0.15, 0.2) is 46.9 Å². The molecule has 21 heavy (non-hydrogen) atoms. The number of anilines is 2. The Hall–Kier alpha value is -1.81. The first kappa shape index (κ1) is 15.6. The number of hydrogen-bond donors (Lipinski definition) is 2. The van der Waals surface area contributed by atoms with Crippen molar-refractivity contribution in [3.63, 3.8) is 0 Å². The maximum absolute atomic E-state index is 12.2. The van der Waals surface area contributed by atoms with Gasteiger partial charge in [0.15, 0.2) is 0 Å². The van der Waals surface area contributed by atoms with Crippen LogP contribution in [0.4, 0.5) is 11.4 Å². The van der Waals surface area contributed by atoms with Gasteiger partial charge in [-0.3, -0.25) is 4.79 Å². The van der Waals surface area contributed by atoms with Gasteiger partial charge < -0.3 is 10.6 Å². The Kier molecular flexibility index (Phi) is 5.02. The highest BCUT2D eigenvalue weighted by Gasteiger charge is 2.13. The lowest BCUT2D eigenvalue weighted by molar-refractivity contribution is -0.116. The molecular weight excluding hydrogens is 328 g/mol. The molecule has 0 spiro atoms. The molecular formula is C17H19BrN2O. The number of amides is 1. The third-order valence-corrected chi connectivity index (χ3v) is 3.60. The van der Waals surface area contributed by atoms with Crippen molar-refractivity contribution in [2.24, 2.45) is 0 Å². The molecule has 1 unspecified atom stereocenters. The van der Waals surface area contributed by atoms with E-state index in [1.807, 2.05) is 63.2 Å². The van der Waals surface area contributed by atoms with E-state index in [0.717, 1.165) is 21.4 Å². The number of nitrogens with one attached hydrogen (secondary N) is 2. The topological polar surface area (TPSA) is 41.1 Å². The molecule has 0 aliphatic carbocycles. The molecule has 0 saturated carbocycles. The van der Waals surface area contributed by atoms with Gasteiger partial charge >= 0.3 is 0 Å².